The van der Waals surface area contributed by atoms with Crippen molar-refractivity contribution in [2.24, 2.45) is 5.92 Å². The molecule has 0 radical (unpaired) electrons. The first-order valence-electron chi connectivity index (χ1n) is 3.88. The Kier molecular flexibility index (Phi) is 6.22. The number of nitrogens with zero attached hydrogens (tertiary/aromatic N) is 1. The number of nitriles is 1. The fourth-order valence-electron chi connectivity index (χ4n) is 1.03. The summed E-state index contributed by atoms with van der Waals surface area (Å²) in [6, 6.07) is 10.7. The molecule has 0 saturated carbocycles. The van der Waals surface area contributed by atoms with Gasteiger partial charge in [-0.05, 0) is 12.0 Å². The predicted molar refractivity (Wildman–Crippen MR) is 44.3 cm³/mol. The number of carboxylic acids is 1. The predicted octanol–water partition coefficient (Wildman–Crippen LogP) is -2.88. The molecule has 1 unspecified atom stereocenters. The summed E-state index contributed by atoms with van der Waals surface area (Å²) >= 11 is 0. The summed E-state index contributed by atoms with van der Waals surface area (Å²) in [4.78, 5) is 10.4. The third kappa shape index (κ3) is 3.93. The molecule has 0 fully saturated rings. The molecule has 0 aliphatic rings. The third-order valence-corrected chi connectivity index (χ3v) is 1.72. The van der Waals surface area contributed by atoms with Crippen molar-refractivity contribution in [1.82, 2.24) is 0 Å². The van der Waals surface area contributed by atoms with Gasteiger partial charge in [0.1, 0.15) is 0 Å². The van der Waals surface area contributed by atoms with Gasteiger partial charge in [0.05, 0.1) is 18.0 Å². The fourth-order valence-corrected chi connectivity index (χ4v) is 1.03. The van der Waals surface area contributed by atoms with Gasteiger partial charge in [-0.1, -0.05) is 30.3 Å². The van der Waals surface area contributed by atoms with E-state index in [0.717, 1.165) is 5.56 Å². The normalized spacial score (nSPS) is 10.8. The van der Waals surface area contributed by atoms with Crippen LogP contribution in [0.25, 0.3) is 0 Å². The van der Waals surface area contributed by atoms with E-state index in [2.05, 4.69) is 0 Å². The van der Waals surface area contributed by atoms with Gasteiger partial charge >= 0.3 is 29.6 Å². The number of rotatable bonds is 3. The molecular weight excluding hydrogens is 189 g/mol. The Hall–Kier alpha value is -0.820. The molecule has 66 valence electrons. The number of carbonyl (C=O) groups is 1. The Labute approximate surface area is 105 Å². The molecule has 0 amide bonds. The summed E-state index contributed by atoms with van der Waals surface area (Å²) in [5, 5.41) is 18.9. The first kappa shape index (κ1) is 13.2. The van der Waals surface area contributed by atoms with Crippen LogP contribution in [0.5, 0.6) is 0 Å². The molecule has 0 spiro atoms. The first-order valence-corrected chi connectivity index (χ1v) is 3.88. The van der Waals surface area contributed by atoms with E-state index in [0.29, 0.717) is 0 Å². The minimum atomic E-state index is -1.31. The Bertz CT molecular complexity index is 332. The van der Waals surface area contributed by atoms with Crippen molar-refractivity contribution in [3.63, 3.8) is 0 Å². The van der Waals surface area contributed by atoms with Crippen molar-refractivity contribution in [1.29, 1.82) is 5.26 Å². The first-order chi connectivity index (χ1) is 6.24. The van der Waals surface area contributed by atoms with Crippen molar-refractivity contribution < 1.29 is 39.5 Å². The maximum absolute atomic E-state index is 10.4. The van der Waals surface area contributed by atoms with E-state index in [4.69, 9.17) is 5.26 Å². The van der Waals surface area contributed by atoms with Gasteiger partial charge in [-0.2, -0.15) is 5.26 Å². The van der Waals surface area contributed by atoms with Crippen LogP contribution in [0, 0.1) is 17.2 Å². The number of benzene rings is 1. The molecule has 0 aliphatic heterocycles. The van der Waals surface area contributed by atoms with Gasteiger partial charge in [-0.3, -0.25) is 0 Å². The van der Waals surface area contributed by atoms with Crippen LogP contribution in [0.15, 0.2) is 30.3 Å². The van der Waals surface area contributed by atoms with Crippen molar-refractivity contribution in [2.45, 2.75) is 6.42 Å². The molecule has 0 aromatic heterocycles. The third-order valence-electron chi connectivity index (χ3n) is 1.72. The zero-order valence-electron chi connectivity index (χ0n) is 7.93. The zero-order valence-corrected chi connectivity index (χ0v) is 9.93. The largest absolute Gasteiger partial charge is 1.00 e. The molecule has 1 atom stereocenters. The number of aliphatic carboxylic acids is 1. The van der Waals surface area contributed by atoms with Crippen LogP contribution in [0.4, 0.5) is 0 Å². The fraction of sp³-hybridized carbons (Fsp3) is 0.200. The van der Waals surface area contributed by atoms with Crippen molar-refractivity contribution in [2.75, 3.05) is 0 Å². The van der Waals surface area contributed by atoms with Crippen LogP contribution in [0.1, 0.15) is 5.56 Å². The summed E-state index contributed by atoms with van der Waals surface area (Å²) in [7, 11) is 0. The standard InChI is InChI=1S/C10H9NO2.Na/c11-7-9(10(12)13)6-8-4-2-1-3-5-8;/h1-5,9H,6H2,(H,12,13);/q;+1/p-1. The molecule has 1 rings (SSSR count). The molecule has 0 heterocycles. The van der Waals surface area contributed by atoms with Gasteiger partial charge in [0, 0.05) is 0 Å². The summed E-state index contributed by atoms with van der Waals surface area (Å²) in [5.41, 5.74) is 0.832. The second kappa shape index (κ2) is 6.61. The average molecular weight is 197 g/mol. The van der Waals surface area contributed by atoms with Gasteiger partial charge in [-0.25, -0.2) is 0 Å². The molecule has 1 aromatic rings. The number of carboxylic acid groups (broad SMARTS) is 1. The smallest absolute Gasteiger partial charge is 0.549 e. The topological polar surface area (TPSA) is 63.9 Å². The number of hydrogen-bond acceptors (Lipinski definition) is 3. The molecule has 0 saturated heterocycles. The quantitative estimate of drug-likeness (QED) is 0.489. The van der Waals surface area contributed by atoms with E-state index in [1.807, 2.05) is 6.07 Å². The van der Waals surface area contributed by atoms with Crippen LogP contribution in [-0.2, 0) is 11.2 Å². The molecular formula is C10H8NNaO2. The maximum atomic E-state index is 10.4. The molecule has 0 bridgehead atoms. The average Bonchev–Trinajstić information content (AvgIpc) is 2.15. The van der Waals surface area contributed by atoms with Crippen molar-refractivity contribution in [3.05, 3.63) is 35.9 Å². The summed E-state index contributed by atoms with van der Waals surface area (Å²) < 4.78 is 0. The van der Waals surface area contributed by atoms with Gasteiger partial charge in [0.2, 0.25) is 0 Å². The second-order valence-corrected chi connectivity index (χ2v) is 2.69. The Balaban J connectivity index is 0.00000169. The summed E-state index contributed by atoms with van der Waals surface area (Å²) in [5.74, 6) is -2.37. The minimum absolute atomic E-state index is 0. The van der Waals surface area contributed by atoms with Gasteiger partial charge in [0.25, 0.3) is 0 Å². The van der Waals surface area contributed by atoms with E-state index in [-0.39, 0.29) is 36.0 Å². The van der Waals surface area contributed by atoms with E-state index < -0.39 is 11.9 Å². The Morgan fingerprint density at radius 2 is 2.00 bits per heavy atom. The maximum Gasteiger partial charge on any atom is 1.00 e. The van der Waals surface area contributed by atoms with Crippen molar-refractivity contribution >= 4 is 5.97 Å². The SMILES string of the molecule is N#CC(Cc1ccccc1)C(=O)[O-].[Na+]. The zero-order chi connectivity index (χ0) is 9.68. The summed E-state index contributed by atoms with van der Waals surface area (Å²) in [6.45, 7) is 0. The number of carbonyl (C=O) groups excluding carboxylic acids is 1. The Morgan fingerprint density at radius 1 is 1.43 bits per heavy atom. The summed E-state index contributed by atoms with van der Waals surface area (Å²) in [6.07, 6.45) is 0.208. The molecule has 1 aromatic carbocycles. The monoisotopic (exact) mass is 197 g/mol. The minimum Gasteiger partial charge on any atom is -0.549 e. The number of hydrogen-bond donors (Lipinski definition) is 0. The van der Waals surface area contributed by atoms with E-state index in [1.54, 1.807) is 30.3 Å². The van der Waals surface area contributed by atoms with E-state index in [9.17, 15) is 9.90 Å². The van der Waals surface area contributed by atoms with Crippen LogP contribution in [0.3, 0.4) is 0 Å². The van der Waals surface area contributed by atoms with Crippen LogP contribution >= 0.6 is 0 Å². The van der Waals surface area contributed by atoms with E-state index in [1.165, 1.54) is 0 Å². The molecule has 4 heteroatoms. The molecule has 14 heavy (non-hydrogen) atoms. The van der Waals surface area contributed by atoms with Crippen molar-refractivity contribution in [3.8, 4) is 6.07 Å². The molecule has 3 nitrogen and oxygen atoms in total. The van der Waals surface area contributed by atoms with Crippen LogP contribution < -0.4 is 34.7 Å². The van der Waals surface area contributed by atoms with Crippen LogP contribution in [0.2, 0.25) is 0 Å². The van der Waals surface area contributed by atoms with Crippen LogP contribution in [-0.4, -0.2) is 5.97 Å². The second-order valence-electron chi connectivity index (χ2n) is 2.69. The van der Waals surface area contributed by atoms with E-state index >= 15 is 0 Å². The van der Waals surface area contributed by atoms with Gasteiger partial charge in [-0.15, -0.1) is 0 Å². The Morgan fingerprint density at radius 3 is 2.43 bits per heavy atom. The molecule has 0 aliphatic carbocycles. The van der Waals surface area contributed by atoms with Gasteiger partial charge in [0.15, 0.2) is 0 Å². The molecule has 0 N–H and O–H groups in total. The van der Waals surface area contributed by atoms with Gasteiger partial charge < -0.3 is 9.90 Å².